The van der Waals surface area contributed by atoms with Crippen LogP contribution < -0.4 is 15.8 Å². The summed E-state index contributed by atoms with van der Waals surface area (Å²) >= 11 is 0. The molecule has 0 radical (unpaired) electrons. The van der Waals surface area contributed by atoms with Gasteiger partial charge < -0.3 is 15.8 Å². The van der Waals surface area contributed by atoms with Crippen LogP contribution >= 0.6 is 0 Å². The standard InChI is InChI=1S/C17H27N3O4S/c1-4-24-16-9-8-14(25(22,23)20(2)3)11-15(16)19-17(21)12-6-5-7-13(18)10-12/h8-9,11-13H,4-7,10,18H2,1-3H3,(H,19,21). The molecule has 1 saturated carbocycles. The van der Waals surface area contributed by atoms with Crippen LogP contribution in [0.3, 0.4) is 0 Å². The van der Waals surface area contributed by atoms with Gasteiger partial charge in [-0.05, 0) is 44.4 Å². The first-order valence-corrected chi connectivity index (χ1v) is 9.95. The van der Waals surface area contributed by atoms with E-state index in [2.05, 4.69) is 5.32 Å². The number of ether oxygens (including phenoxy) is 1. The number of nitrogens with zero attached hydrogens (tertiary/aromatic N) is 1. The van der Waals surface area contributed by atoms with E-state index in [9.17, 15) is 13.2 Å². The van der Waals surface area contributed by atoms with Crippen LogP contribution in [0.15, 0.2) is 23.1 Å². The van der Waals surface area contributed by atoms with E-state index in [0.29, 0.717) is 24.5 Å². The molecule has 1 aromatic carbocycles. The third kappa shape index (κ3) is 4.71. The molecule has 25 heavy (non-hydrogen) atoms. The smallest absolute Gasteiger partial charge is 0.242 e. The summed E-state index contributed by atoms with van der Waals surface area (Å²) in [6.07, 6.45) is 3.29. The minimum absolute atomic E-state index is 0.0383. The number of benzene rings is 1. The Balaban J connectivity index is 2.28. The molecule has 1 aliphatic carbocycles. The summed E-state index contributed by atoms with van der Waals surface area (Å²) in [6, 6.07) is 4.53. The van der Waals surface area contributed by atoms with Gasteiger partial charge in [0, 0.05) is 26.1 Å². The number of nitrogens with two attached hydrogens (primary N) is 1. The molecule has 3 N–H and O–H groups in total. The number of rotatable bonds is 6. The van der Waals surface area contributed by atoms with E-state index >= 15 is 0 Å². The van der Waals surface area contributed by atoms with Crippen molar-refractivity contribution in [3.8, 4) is 5.75 Å². The molecule has 0 saturated heterocycles. The van der Waals surface area contributed by atoms with Gasteiger partial charge in [0.2, 0.25) is 15.9 Å². The number of hydrogen-bond donors (Lipinski definition) is 2. The first-order valence-electron chi connectivity index (χ1n) is 8.51. The summed E-state index contributed by atoms with van der Waals surface area (Å²) < 4.78 is 31.3. The van der Waals surface area contributed by atoms with E-state index < -0.39 is 10.0 Å². The average molecular weight is 369 g/mol. The number of anilines is 1. The summed E-state index contributed by atoms with van der Waals surface area (Å²) in [6.45, 7) is 2.24. The highest BCUT2D eigenvalue weighted by atomic mass is 32.2. The molecule has 1 aromatic rings. The number of carbonyl (C=O) groups is 1. The summed E-state index contributed by atoms with van der Waals surface area (Å²) in [4.78, 5) is 12.7. The van der Waals surface area contributed by atoms with Crippen molar-refractivity contribution < 1.29 is 17.9 Å². The molecule has 2 rings (SSSR count). The highest BCUT2D eigenvalue weighted by molar-refractivity contribution is 7.89. The normalized spacial score (nSPS) is 21.2. The largest absolute Gasteiger partial charge is 0.492 e. The zero-order valence-corrected chi connectivity index (χ0v) is 15.8. The van der Waals surface area contributed by atoms with Gasteiger partial charge >= 0.3 is 0 Å². The summed E-state index contributed by atoms with van der Waals surface area (Å²) in [5.74, 6) is 0.150. The van der Waals surface area contributed by atoms with E-state index in [1.165, 1.54) is 26.2 Å². The Hall–Kier alpha value is -1.64. The molecule has 7 nitrogen and oxygen atoms in total. The van der Waals surface area contributed by atoms with Gasteiger partial charge in [-0.2, -0.15) is 0 Å². The van der Waals surface area contributed by atoms with Crippen molar-refractivity contribution in [2.75, 3.05) is 26.0 Å². The van der Waals surface area contributed by atoms with Crippen LogP contribution in [0.2, 0.25) is 0 Å². The molecule has 1 amide bonds. The molecular formula is C17H27N3O4S. The number of carbonyl (C=O) groups excluding carboxylic acids is 1. The lowest BCUT2D eigenvalue weighted by Gasteiger charge is -2.26. The van der Waals surface area contributed by atoms with Crippen molar-refractivity contribution in [1.29, 1.82) is 0 Å². The zero-order valence-electron chi connectivity index (χ0n) is 15.0. The average Bonchev–Trinajstić information content (AvgIpc) is 2.56. The lowest BCUT2D eigenvalue weighted by atomic mass is 9.85. The van der Waals surface area contributed by atoms with Crippen LogP contribution in [-0.2, 0) is 14.8 Å². The van der Waals surface area contributed by atoms with Gasteiger partial charge in [-0.15, -0.1) is 0 Å². The van der Waals surface area contributed by atoms with Gasteiger partial charge in [0.15, 0.2) is 0 Å². The van der Waals surface area contributed by atoms with Crippen molar-refractivity contribution >= 4 is 21.6 Å². The molecule has 140 valence electrons. The molecule has 0 bridgehead atoms. The summed E-state index contributed by atoms with van der Waals surface area (Å²) in [5.41, 5.74) is 6.33. The Bertz CT molecular complexity index is 719. The number of nitrogens with one attached hydrogen (secondary N) is 1. The fourth-order valence-electron chi connectivity index (χ4n) is 2.96. The highest BCUT2D eigenvalue weighted by Crippen LogP contribution is 2.31. The molecule has 0 heterocycles. The van der Waals surface area contributed by atoms with Gasteiger partial charge in [0.05, 0.1) is 17.2 Å². The summed E-state index contributed by atoms with van der Waals surface area (Å²) in [7, 11) is -0.663. The predicted molar refractivity (Wildman–Crippen MR) is 97.0 cm³/mol. The third-order valence-electron chi connectivity index (χ3n) is 4.37. The quantitative estimate of drug-likeness (QED) is 0.796. The van der Waals surface area contributed by atoms with Crippen LogP contribution in [0.5, 0.6) is 5.75 Å². The van der Waals surface area contributed by atoms with E-state index in [-0.39, 0.29) is 22.8 Å². The Kier molecular flexibility index (Phi) is 6.42. The van der Waals surface area contributed by atoms with Gasteiger partial charge in [-0.3, -0.25) is 4.79 Å². The van der Waals surface area contributed by atoms with E-state index in [4.69, 9.17) is 10.5 Å². The maximum absolute atomic E-state index is 12.6. The molecule has 0 aliphatic heterocycles. The Morgan fingerprint density at radius 1 is 1.36 bits per heavy atom. The lowest BCUT2D eigenvalue weighted by molar-refractivity contribution is -0.120. The molecule has 2 unspecified atom stereocenters. The third-order valence-corrected chi connectivity index (χ3v) is 6.18. The second kappa shape index (κ2) is 8.16. The Labute approximate surface area is 149 Å². The SMILES string of the molecule is CCOc1ccc(S(=O)(=O)N(C)C)cc1NC(=O)C1CCCC(N)C1. The van der Waals surface area contributed by atoms with Crippen LogP contribution in [0.25, 0.3) is 0 Å². The first-order chi connectivity index (χ1) is 11.8. The van der Waals surface area contributed by atoms with Crippen molar-refractivity contribution in [2.24, 2.45) is 11.7 Å². The van der Waals surface area contributed by atoms with Crippen molar-refractivity contribution in [1.82, 2.24) is 4.31 Å². The van der Waals surface area contributed by atoms with Crippen molar-refractivity contribution in [3.63, 3.8) is 0 Å². The first kappa shape index (κ1) is 19.7. The van der Waals surface area contributed by atoms with Gasteiger partial charge in [-0.25, -0.2) is 12.7 Å². The van der Waals surface area contributed by atoms with Crippen LogP contribution in [0.1, 0.15) is 32.6 Å². The van der Waals surface area contributed by atoms with Gasteiger partial charge in [0.1, 0.15) is 5.75 Å². The molecule has 8 heteroatoms. The van der Waals surface area contributed by atoms with Crippen molar-refractivity contribution in [2.45, 2.75) is 43.5 Å². The molecule has 2 atom stereocenters. The Morgan fingerprint density at radius 2 is 2.08 bits per heavy atom. The van der Waals surface area contributed by atoms with Crippen LogP contribution in [-0.4, -0.2) is 45.4 Å². The van der Waals surface area contributed by atoms with Gasteiger partial charge in [0.25, 0.3) is 0 Å². The highest BCUT2D eigenvalue weighted by Gasteiger charge is 2.27. The fraction of sp³-hybridized carbons (Fsp3) is 0.588. The van der Waals surface area contributed by atoms with Crippen LogP contribution in [0.4, 0.5) is 5.69 Å². The van der Waals surface area contributed by atoms with E-state index in [1.54, 1.807) is 6.07 Å². The minimum atomic E-state index is -3.59. The van der Waals surface area contributed by atoms with Crippen molar-refractivity contribution in [3.05, 3.63) is 18.2 Å². The number of amides is 1. The van der Waals surface area contributed by atoms with E-state index in [0.717, 1.165) is 23.6 Å². The van der Waals surface area contributed by atoms with Gasteiger partial charge in [-0.1, -0.05) is 6.42 Å². The monoisotopic (exact) mass is 369 g/mol. The topological polar surface area (TPSA) is 102 Å². The molecule has 1 fully saturated rings. The minimum Gasteiger partial charge on any atom is -0.492 e. The Morgan fingerprint density at radius 3 is 2.68 bits per heavy atom. The van der Waals surface area contributed by atoms with Crippen LogP contribution in [0, 0.1) is 5.92 Å². The summed E-state index contributed by atoms with van der Waals surface area (Å²) in [5, 5.41) is 2.83. The number of sulfonamides is 1. The zero-order chi connectivity index (χ0) is 18.6. The molecule has 0 aromatic heterocycles. The molecular weight excluding hydrogens is 342 g/mol. The second-order valence-corrected chi connectivity index (χ2v) is 8.64. The predicted octanol–water partition coefficient (Wildman–Crippen LogP) is 1.79. The number of hydrogen-bond acceptors (Lipinski definition) is 5. The second-order valence-electron chi connectivity index (χ2n) is 6.49. The fourth-order valence-corrected chi connectivity index (χ4v) is 3.89. The lowest BCUT2D eigenvalue weighted by Crippen LogP contribution is -2.34. The van der Waals surface area contributed by atoms with E-state index in [1.807, 2.05) is 6.92 Å². The maximum atomic E-state index is 12.6. The molecule has 0 spiro atoms. The molecule has 1 aliphatic rings. The maximum Gasteiger partial charge on any atom is 0.242 e.